The van der Waals surface area contributed by atoms with E-state index in [-0.39, 0.29) is 12.1 Å². The summed E-state index contributed by atoms with van der Waals surface area (Å²) < 4.78 is 37.2. The highest BCUT2D eigenvalue weighted by Gasteiger charge is 2.30. The molecular formula is C13H16F3N3O. The first-order chi connectivity index (χ1) is 9.36. The van der Waals surface area contributed by atoms with Crippen LogP contribution in [0.2, 0.25) is 0 Å². The fourth-order valence-electron chi connectivity index (χ4n) is 2.06. The summed E-state index contributed by atoms with van der Waals surface area (Å²) in [7, 11) is 0. The van der Waals surface area contributed by atoms with Crippen molar-refractivity contribution in [1.29, 1.82) is 0 Å². The number of carbonyl (C=O) groups excluding carboxylic acids is 1. The molecule has 1 saturated heterocycles. The van der Waals surface area contributed by atoms with Crippen molar-refractivity contribution >= 4 is 11.7 Å². The van der Waals surface area contributed by atoms with E-state index >= 15 is 0 Å². The number of nitrogens with zero attached hydrogens (tertiary/aromatic N) is 1. The molecule has 20 heavy (non-hydrogen) atoms. The van der Waals surface area contributed by atoms with Crippen LogP contribution in [-0.2, 0) is 6.18 Å². The van der Waals surface area contributed by atoms with Crippen LogP contribution in [0.1, 0.15) is 12.5 Å². The molecule has 1 atom stereocenters. The Morgan fingerprint density at radius 3 is 2.55 bits per heavy atom. The minimum Gasteiger partial charge on any atom is -0.322 e. The normalized spacial score (nSPS) is 19.8. The number of anilines is 1. The summed E-state index contributed by atoms with van der Waals surface area (Å²) in [4.78, 5) is 13.6. The number of urea groups is 1. The number of halogens is 3. The maximum Gasteiger partial charge on any atom is 0.416 e. The van der Waals surface area contributed by atoms with Gasteiger partial charge in [0.05, 0.1) is 5.56 Å². The van der Waals surface area contributed by atoms with Crippen molar-refractivity contribution in [2.75, 3.05) is 25.0 Å². The lowest BCUT2D eigenvalue weighted by Crippen LogP contribution is -2.52. The Balaban J connectivity index is 1.97. The predicted molar refractivity (Wildman–Crippen MR) is 69.5 cm³/mol. The van der Waals surface area contributed by atoms with Crippen molar-refractivity contribution in [3.05, 3.63) is 29.8 Å². The Labute approximate surface area is 114 Å². The van der Waals surface area contributed by atoms with Gasteiger partial charge in [-0.1, -0.05) is 0 Å². The average Bonchev–Trinajstić information content (AvgIpc) is 2.38. The third-order valence-corrected chi connectivity index (χ3v) is 3.12. The molecule has 2 rings (SSSR count). The maximum atomic E-state index is 12.4. The topological polar surface area (TPSA) is 44.4 Å². The number of alkyl halides is 3. The second-order valence-corrected chi connectivity index (χ2v) is 4.81. The van der Waals surface area contributed by atoms with E-state index in [2.05, 4.69) is 10.6 Å². The van der Waals surface area contributed by atoms with Gasteiger partial charge in [-0.2, -0.15) is 13.2 Å². The van der Waals surface area contributed by atoms with Crippen molar-refractivity contribution < 1.29 is 18.0 Å². The van der Waals surface area contributed by atoms with Crippen LogP contribution in [0.15, 0.2) is 24.3 Å². The van der Waals surface area contributed by atoms with E-state index in [0.29, 0.717) is 25.3 Å². The van der Waals surface area contributed by atoms with Gasteiger partial charge in [-0.05, 0) is 31.2 Å². The molecule has 1 heterocycles. The summed E-state index contributed by atoms with van der Waals surface area (Å²) in [6.45, 7) is 3.84. The van der Waals surface area contributed by atoms with Crippen LogP contribution in [0.4, 0.5) is 23.7 Å². The summed E-state index contributed by atoms with van der Waals surface area (Å²) >= 11 is 0. The van der Waals surface area contributed by atoms with Crippen molar-refractivity contribution in [2.45, 2.75) is 19.1 Å². The quantitative estimate of drug-likeness (QED) is 0.833. The first-order valence-electron chi connectivity index (χ1n) is 6.33. The SMILES string of the molecule is CC1CN(C(=O)Nc2ccc(C(F)(F)F)cc2)CCN1. The number of benzene rings is 1. The van der Waals surface area contributed by atoms with Crippen molar-refractivity contribution in [3.63, 3.8) is 0 Å². The summed E-state index contributed by atoms with van der Waals surface area (Å²) in [5, 5.41) is 5.81. The molecule has 1 aliphatic rings. The molecule has 2 amide bonds. The standard InChI is InChI=1S/C13H16F3N3O/c1-9-8-19(7-6-17-9)12(20)18-11-4-2-10(3-5-11)13(14,15)16/h2-5,9,17H,6-8H2,1H3,(H,18,20). The minimum absolute atomic E-state index is 0.210. The van der Waals surface area contributed by atoms with Gasteiger partial charge in [0.1, 0.15) is 0 Å². The first kappa shape index (κ1) is 14.6. The van der Waals surface area contributed by atoms with E-state index < -0.39 is 11.7 Å². The second kappa shape index (κ2) is 5.70. The fraction of sp³-hybridized carbons (Fsp3) is 0.462. The smallest absolute Gasteiger partial charge is 0.322 e. The van der Waals surface area contributed by atoms with Gasteiger partial charge in [-0.15, -0.1) is 0 Å². The Bertz CT molecular complexity index is 473. The third-order valence-electron chi connectivity index (χ3n) is 3.12. The molecular weight excluding hydrogens is 271 g/mol. The highest BCUT2D eigenvalue weighted by Crippen LogP contribution is 2.29. The molecule has 1 unspecified atom stereocenters. The number of amides is 2. The highest BCUT2D eigenvalue weighted by molar-refractivity contribution is 5.89. The zero-order valence-corrected chi connectivity index (χ0v) is 11.0. The van der Waals surface area contributed by atoms with E-state index in [1.54, 1.807) is 4.90 Å². The van der Waals surface area contributed by atoms with Crippen molar-refractivity contribution in [3.8, 4) is 0 Å². The van der Waals surface area contributed by atoms with E-state index in [1.807, 2.05) is 6.92 Å². The lowest BCUT2D eigenvalue weighted by Gasteiger charge is -2.31. The molecule has 1 fully saturated rings. The molecule has 0 saturated carbocycles. The molecule has 1 aromatic rings. The van der Waals surface area contributed by atoms with Crippen LogP contribution in [-0.4, -0.2) is 36.6 Å². The van der Waals surface area contributed by atoms with Gasteiger partial charge >= 0.3 is 12.2 Å². The second-order valence-electron chi connectivity index (χ2n) is 4.81. The number of rotatable bonds is 1. The van der Waals surface area contributed by atoms with Crippen molar-refractivity contribution in [1.82, 2.24) is 10.2 Å². The number of carbonyl (C=O) groups is 1. The lowest BCUT2D eigenvalue weighted by atomic mass is 10.2. The monoisotopic (exact) mass is 287 g/mol. The van der Waals surface area contributed by atoms with E-state index in [1.165, 1.54) is 12.1 Å². The van der Waals surface area contributed by atoms with Crippen LogP contribution >= 0.6 is 0 Å². The number of hydrogen-bond donors (Lipinski definition) is 2. The Morgan fingerprint density at radius 2 is 2.00 bits per heavy atom. The van der Waals surface area contributed by atoms with Crippen LogP contribution in [0, 0.1) is 0 Å². The molecule has 110 valence electrons. The molecule has 0 bridgehead atoms. The summed E-state index contributed by atoms with van der Waals surface area (Å²) in [5.41, 5.74) is -0.375. The summed E-state index contributed by atoms with van der Waals surface area (Å²) in [6, 6.07) is 4.34. The third kappa shape index (κ3) is 3.63. The zero-order chi connectivity index (χ0) is 14.8. The molecule has 0 aromatic heterocycles. The maximum absolute atomic E-state index is 12.4. The van der Waals surface area contributed by atoms with E-state index in [9.17, 15) is 18.0 Å². The van der Waals surface area contributed by atoms with Gasteiger partial charge in [0, 0.05) is 31.4 Å². The predicted octanol–water partition coefficient (Wildman–Crippen LogP) is 2.53. The van der Waals surface area contributed by atoms with Gasteiger partial charge in [0.15, 0.2) is 0 Å². The fourth-order valence-corrected chi connectivity index (χ4v) is 2.06. The van der Waals surface area contributed by atoms with Gasteiger partial charge in [-0.3, -0.25) is 0 Å². The molecule has 1 aromatic carbocycles. The zero-order valence-electron chi connectivity index (χ0n) is 11.0. The summed E-state index contributed by atoms with van der Waals surface area (Å²) in [5.74, 6) is 0. The first-order valence-corrected chi connectivity index (χ1v) is 6.33. The van der Waals surface area contributed by atoms with Crippen LogP contribution < -0.4 is 10.6 Å². The molecule has 4 nitrogen and oxygen atoms in total. The molecule has 2 N–H and O–H groups in total. The van der Waals surface area contributed by atoms with Crippen molar-refractivity contribution in [2.24, 2.45) is 0 Å². The number of hydrogen-bond acceptors (Lipinski definition) is 2. The van der Waals surface area contributed by atoms with Crippen LogP contribution in [0.5, 0.6) is 0 Å². The van der Waals surface area contributed by atoms with Gasteiger partial charge in [-0.25, -0.2) is 4.79 Å². The van der Waals surface area contributed by atoms with E-state index in [0.717, 1.165) is 12.1 Å². The van der Waals surface area contributed by atoms with Gasteiger partial charge < -0.3 is 15.5 Å². The van der Waals surface area contributed by atoms with Gasteiger partial charge in [0.25, 0.3) is 0 Å². The van der Waals surface area contributed by atoms with E-state index in [4.69, 9.17) is 0 Å². The minimum atomic E-state index is -4.36. The lowest BCUT2D eigenvalue weighted by molar-refractivity contribution is -0.137. The van der Waals surface area contributed by atoms with Gasteiger partial charge in [0.2, 0.25) is 0 Å². The summed E-state index contributed by atoms with van der Waals surface area (Å²) in [6.07, 6.45) is -4.36. The molecule has 7 heteroatoms. The molecule has 0 aliphatic carbocycles. The van der Waals surface area contributed by atoms with Crippen LogP contribution in [0.25, 0.3) is 0 Å². The van der Waals surface area contributed by atoms with Crippen LogP contribution in [0.3, 0.4) is 0 Å². The largest absolute Gasteiger partial charge is 0.416 e. The number of piperazine rings is 1. The highest BCUT2D eigenvalue weighted by atomic mass is 19.4. The molecule has 1 aliphatic heterocycles. The average molecular weight is 287 g/mol. The Hall–Kier alpha value is -1.76. The molecule has 0 spiro atoms. The Morgan fingerprint density at radius 1 is 1.35 bits per heavy atom. The molecule has 0 radical (unpaired) electrons. The Kier molecular flexibility index (Phi) is 4.17. The number of nitrogens with one attached hydrogen (secondary N) is 2.